The van der Waals surface area contributed by atoms with Gasteiger partial charge < -0.3 is 9.26 Å². The topological polar surface area (TPSA) is 102 Å². The maximum Gasteiger partial charge on any atom is 0.272 e. The summed E-state index contributed by atoms with van der Waals surface area (Å²) in [5.74, 6) is 1.03. The van der Waals surface area contributed by atoms with Crippen molar-refractivity contribution in [3.63, 3.8) is 0 Å². The minimum Gasteiger partial charge on any atom is -0.377 e. The zero-order chi connectivity index (χ0) is 17.1. The van der Waals surface area contributed by atoms with E-state index in [2.05, 4.69) is 25.1 Å². The number of fused-ring (bicyclic) bond motifs is 1. The third-order valence-corrected chi connectivity index (χ3v) is 3.61. The van der Waals surface area contributed by atoms with Crippen LogP contribution in [-0.2, 0) is 24.4 Å². The predicted octanol–water partition coefficient (Wildman–Crippen LogP) is 0.883. The summed E-state index contributed by atoms with van der Waals surface area (Å²) in [6.07, 6.45) is 0. The van der Waals surface area contributed by atoms with Crippen LogP contribution in [0.5, 0.6) is 0 Å². The quantitative estimate of drug-likeness (QED) is 0.685. The number of nitrogens with zero attached hydrogens (tertiary/aromatic N) is 5. The average molecular weight is 332 g/mol. The Labute approximate surface area is 138 Å². The normalized spacial score (nSPS) is 11.7. The minimum absolute atomic E-state index is 0.126. The Morgan fingerprint density at radius 3 is 2.92 bits per heavy atom. The zero-order valence-electron chi connectivity index (χ0n) is 13.9. The monoisotopic (exact) mass is 332 g/mol. The van der Waals surface area contributed by atoms with Gasteiger partial charge in [-0.3, -0.25) is 14.8 Å². The van der Waals surface area contributed by atoms with Gasteiger partial charge in [-0.15, -0.1) is 0 Å². The van der Waals surface area contributed by atoms with E-state index in [9.17, 15) is 4.79 Å². The van der Waals surface area contributed by atoms with E-state index < -0.39 is 0 Å². The molecule has 0 unspecified atom stereocenters. The summed E-state index contributed by atoms with van der Waals surface area (Å²) in [6.45, 7) is 6.00. The third kappa shape index (κ3) is 3.52. The Balaban J connectivity index is 1.75. The smallest absolute Gasteiger partial charge is 0.272 e. The standard InChI is InChI=1S/C15H20N6O3/c1-4-20(8-14-17-12(9-23-3)19-24-14)7-11-6-15(22)21-13(16-11)5-10(2)18-21/h5-6,18H,4,7-9H2,1-3H3. The van der Waals surface area contributed by atoms with Crippen molar-refractivity contribution in [2.24, 2.45) is 0 Å². The fourth-order valence-corrected chi connectivity index (χ4v) is 2.48. The molecule has 0 saturated heterocycles. The van der Waals surface area contributed by atoms with E-state index in [-0.39, 0.29) is 5.56 Å². The summed E-state index contributed by atoms with van der Waals surface area (Å²) in [4.78, 5) is 23.0. The Morgan fingerprint density at radius 1 is 1.33 bits per heavy atom. The van der Waals surface area contributed by atoms with Crippen LogP contribution in [-0.4, -0.2) is 43.3 Å². The molecule has 0 radical (unpaired) electrons. The van der Waals surface area contributed by atoms with Crippen molar-refractivity contribution in [1.29, 1.82) is 0 Å². The number of methoxy groups -OCH3 is 1. The van der Waals surface area contributed by atoms with Crippen molar-refractivity contribution in [2.45, 2.75) is 33.5 Å². The number of nitrogens with one attached hydrogen (secondary N) is 1. The number of H-pyrrole nitrogens is 1. The maximum atomic E-state index is 12.1. The summed E-state index contributed by atoms with van der Waals surface area (Å²) in [7, 11) is 1.58. The highest BCUT2D eigenvalue weighted by Gasteiger charge is 2.13. The molecule has 0 bridgehead atoms. The molecular formula is C15H20N6O3. The molecular weight excluding hydrogens is 312 g/mol. The first-order chi connectivity index (χ1) is 11.6. The lowest BCUT2D eigenvalue weighted by Crippen LogP contribution is -2.25. The molecule has 0 saturated carbocycles. The van der Waals surface area contributed by atoms with Gasteiger partial charge in [0.25, 0.3) is 5.56 Å². The van der Waals surface area contributed by atoms with Crippen LogP contribution in [0.15, 0.2) is 21.5 Å². The number of rotatable bonds is 7. The van der Waals surface area contributed by atoms with Gasteiger partial charge in [0.15, 0.2) is 11.5 Å². The van der Waals surface area contributed by atoms with Crippen molar-refractivity contribution in [2.75, 3.05) is 13.7 Å². The van der Waals surface area contributed by atoms with Crippen LogP contribution in [0.3, 0.4) is 0 Å². The van der Waals surface area contributed by atoms with Gasteiger partial charge in [-0.2, -0.15) is 4.98 Å². The Morgan fingerprint density at radius 2 is 2.17 bits per heavy atom. The zero-order valence-corrected chi connectivity index (χ0v) is 13.9. The van der Waals surface area contributed by atoms with Crippen molar-refractivity contribution < 1.29 is 9.26 Å². The van der Waals surface area contributed by atoms with Gasteiger partial charge in [0.2, 0.25) is 5.89 Å². The first-order valence-electron chi connectivity index (χ1n) is 7.70. The molecule has 128 valence electrons. The van der Waals surface area contributed by atoms with Crippen molar-refractivity contribution in [3.05, 3.63) is 45.6 Å². The largest absolute Gasteiger partial charge is 0.377 e. The lowest BCUT2D eigenvalue weighted by atomic mass is 10.3. The van der Waals surface area contributed by atoms with Gasteiger partial charge in [0, 0.05) is 31.5 Å². The number of aromatic amines is 1. The molecule has 3 aromatic heterocycles. The molecule has 0 fully saturated rings. The van der Waals surface area contributed by atoms with Gasteiger partial charge in [-0.25, -0.2) is 9.50 Å². The number of hydrogen-bond acceptors (Lipinski definition) is 7. The minimum atomic E-state index is -0.126. The molecule has 0 aliphatic carbocycles. The molecule has 0 spiro atoms. The van der Waals surface area contributed by atoms with E-state index in [4.69, 9.17) is 9.26 Å². The van der Waals surface area contributed by atoms with Crippen LogP contribution in [0.1, 0.15) is 30.0 Å². The number of aromatic nitrogens is 5. The van der Waals surface area contributed by atoms with E-state index in [0.29, 0.717) is 42.8 Å². The molecule has 9 nitrogen and oxygen atoms in total. The second-order valence-corrected chi connectivity index (χ2v) is 5.56. The highest BCUT2D eigenvalue weighted by molar-refractivity contribution is 5.39. The highest BCUT2D eigenvalue weighted by Crippen LogP contribution is 2.08. The van der Waals surface area contributed by atoms with E-state index in [1.54, 1.807) is 7.11 Å². The van der Waals surface area contributed by atoms with E-state index in [1.807, 2.05) is 19.9 Å². The summed E-state index contributed by atoms with van der Waals surface area (Å²) >= 11 is 0. The molecule has 0 amide bonds. The van der Waals surface area contributed by atoms with Crippen molar-refractivity contribution >= 4 is 5.65 Å². The lowest BCUT2D eigenvalue weighted by Gasteiger charge is -2.17. The Bertz CT molecular complexity index is 881. The van der Waals surface area contributed by atoms with Crippen LogP contribution in [0.2, 0.25) is 0 Å². The number of aryl methyl sites for hydroxylation is 1. The Kier molecular flexibility index (Phi) is 4.72. The average Bonchev–Trinajstić information content (AvgIpc) is 3.13. The van der Waals surface area contributed by atoms with Crippen LogP contribution in [0, 0.1) is 6.92 Å². The van der Waals surface area contributed by atoms with Gasteiger partial charge in [-0.1, -0.05) is 12.1 Å². The molecule has 9 heteroatoms. The summed E-state index contributed by atoms with van der Waals surface area (Å²) in [5.41, 5.74) is 2.09. The van der Waals surface area contributed by atoms with E-state index in [1.165, 1.54) is 10.6 Å². The molecule has 0 aliphatic rings. The molecule has 3 heterocycles. The van der Waals surface area contributed by atoms with Crippen molar-refractivity contribution in [1.82, 2.24) is 29.6 Å². The SMILES string of the molecule is CCN(Cc1cc(=O)n2[nH]c(C)cc2n1)Cc1nc(COC)no1. The fraction of sp³-hybridized carbons (Fsp3) is 0.467. The van der Waals surface area contributed by atoms with Gasteiger partial charge >= 0.3 is 0 Å². The molecule has 0 atom stereocenters. The van der Waals surface area contributed by atoms with Crippen LogP contribution in [0.25, 0.3) is 5.65 Å². The Hall–Kier alpha value is -2.52. The van der Waals surface area contributed by atoms with Crippen LogP contribution in [0.4, 0.5) is 0 Å². The number of hydrogen-bond donors (Lipinski definition) is 1. The van der Waals surface area contributed by atoms with E-state index in [0.717, 1.165) is 12.2 Å². The van der Waals surface area contributed by atoms with Gasteiger partial charge in [0.05, 0.1) is 12.2 Å². The third-order valence-electron chi connectivity index (χ3n) is 3.61. The van der Waals surface area contributed by atoms with Gasteiger partial charge in [0.1, 0.15) is 6.61 Å². The van der Waals surface area contributed by atoms with Crippen molar-refractivity contribution in [3.8, 4) is 0 Å². The molecule has 0 aliphatic heterocycles. The van der Waals surface area contributed by atoms with Crippen LogP contribution < -0.4 is 5.56 Å². The summed E-state index contributed by atoms with van der Waals surface area (Å²) in [6, 6.07) is 3.38. The molecule has 0 aromatic carbocycles. The molecule has 24 heavy (non-hydrogen) atoms. The first-order valence-corrected chi connectivity index (χ1v) is 7.70. The molecule has 3 rings (SSSR count). The predicted molar refractivity (Wildman–Crippen MR) is 85.3 cm³/mol. The highest BCUT2D eigenvalue weighted by atomic mass is 16.5. The van der Waals surface area contributed by atoms with Gasteiger partial charge in [-0.05, 0) is 13.5 Å². The second-order valence-electron chi connectivity index (χ2n) is 5.56. The van der Waals surface area contributed by atoms with E-state index >= 15 is 0 Å². The van der Waals surface area contributed by atoms with Crippen LogP contribution >= 0.6 is 0 Å². The molecule has 1 N–H and O–H groups in total. The summed E-state index contributed by atoms with van der Waals surface area (Å²) in [5, 5.41) is 6.81. The maximum absolute atomic E-state index is 12.1. The lowest BCUT2D eigenvalue weighted by molar-refractivity contribution is 0.174. The second kappa shape index (κ2) is 6.93. The fourth-order valence-electron chi connectivity index (χ4n) is 2.48. The number of ether oxygens (including phenoxy) is 1. The molecule has 3 aromatic rings. The summed E-state index contributed by atoms with van der Waals surface area (Å²) < 4.78 is 11.6. The first kappa shape index (κ1) is 16.3.